The molecule has 1 heterocycles. The largest absolute Gasteiger partial charge is 0.477 e. The fraction of sp³-hybridized carbons (Fsp3) is 0. The summed E-state index contributed by atoms with van der Waals surface area (Å²) in [5.74, 6) is -0.428. The number of aromatic nitrogens is 2. The van der Waals surface area contributed by atoms with Crippen LogP contribution in [-0.2, 0) is 0 Å². The highest BCUT2D eigenvalue weighted by atomic mass is 16.4. The molecule has 0 unspecified atom stereocenters. The second-order valence-corrected chi connectivity index (χ2v) is 2.82. The van der Waals surface area contributed by atoms with E-state index in [-0.39, 0.29) is 11.2 Å². The van der Waals surface area contributed by atoms with Gasteiger partial charge in [0.15, 0.2) is 0 Å². The van der Waals surface area contributed by atoms with Crippen molar-refractivity contribution in [3.63, 3.8) is 0 Å². The van der Waals surface area contributed by atoms with Gasteiger partial charge in [-0.25, -0.2) is 9.78 Å². The Kier molecular flexibility index (Phi) is 3.20. The van der Waals surface area contributed by atoms with Gasteiger partial charge in [0.05, 0.1) is 6.20 Å². The number of H-pyrrole nitrogens is 1. The molecule has 0 aliphatic rings. The van der Waals surface area contributed by atoms with Crippen molar-refractivity contribution in [1.29, 1.82) is 0 Å². The van der Waals surface area contributed by atoms with E-state index < -0.39 is 5.97 Å². The SMILES string of the molecule is O.O=C(O)c1cnc(-c2ccccc2)[nH]1. The lowest BCUT2D eigenvalue weighted by atomic mass is 10.2. The Balaban J connectivity index is 0.00000112. The van der Waals surface area contributed by atoms with Gasteiger partial charge in [-0.15, -0.1) is 0 Å². The molecule has 15 heavy (non-hydrogen) atoms. The zero-order valence-electron chi connectivity index (χ0n) is 7.77. The smallest absolute Gasteiger partial charge is 0.353 e. The Morgan fingerprint density at radius 3 is 2.47 bits per heavy atom. The molecule has 0 saturated carbocycles. The quantitative estimate of drug-likeness (QED) is 0.765. The summed E-state index contributed by atoms with van der Waals surface area (Å²) in [5.41, 5.74) is 0.976. The molecule has 1 aromatic heterocycles. The number of rotatable bonds is 2. The summed E-state index contributed by atoms with van der Waals surface area (Å²) in [5, 5.41) is 8.67. The third-order valence-corrected chi connectivity index (χ3v) is 1.85. The summed E-state index contributed by atoms with van der Waals surface area (Å²) < 4.78 is 0. The molecule has 0 saturated heterocycles. The summed E-state index contributed by atoms with van der Waals surface area (Å²) in [7, 11) is 0. The number of imidazole rings is 1. The van der Waals surface area contributed by atoms with Crippen LogP contribution >= 0.6 is 0 Å². The van der Waals surface area contributed by atoms with Crippen LogP contribution in [0.3, 0.4) is 0 Å². The fourth-order valence-electron chi connectivity index (χ4n) is 1.17. The molecule has 4 N–H and O–H groups in total. The van der Waals surface area contributed by atoms with Gasteiger partial charge in [0.2, 0.25) is 0 Å². The normalized spacial score (nSPS) is 9.33. The minimum Gasteiger partial charge on any atom is -0.477 e. The van der Waals surface area contributed by atoms with E-state index >= 15 is 0 Å². The molecule has 1 aromatic carbocycles. The van der Waals surface area contributed by atoms with Gasteiger partial charge in [-0.05, 0) is 0 Å². The van der Waals surface area contributed by atoms with Crippen molar-refractivity contribution in [1.82, 2.24) is 9.97 Å². The molecule has 78 valence electrons. The van der Waals surface area contributed by atoms with E-state index in [0.29, 0.717) is 5.82 Å². The second kappa shape index (κ2) is 4.39. The van der Waals surface area contributed by atoms with Crippen LogP contribution in [-0.4, -0.2) is 26.5 Å². The maximum atomic E-state index is 10.6. The van der Waals surface area contributed by atoms with E-state index in [1.165, 1.54) is 6.20 Å². The van der Waals surface area contributed by atoms with E-state index in [1.54, 1.807) is 0 Å². The number of hydrogen-bond acceptors (Lipinski definition) is 2. The molecule has 0 aliphatic heterocycles. The molecular weight excluding hydrogens is 196 g/mol. The van der Waals surface area contributed by atoms with Crippen molar-refractivity contribution in [3.05, 3.63) is 42.2 Å². The first kappa shape index (κ1) is 10.9. The van der Waals surface area contributed by atoms with Gasteiger partial charge in [0.25, 0.3) is 0 Å². The average molecular weight is 206 g/mol. The third kappa shape index (κ3) is 2.21. The third-order valence-electron chi connectivity index (χ3n) is 1.85. The van der Waals surface area contributed by atoms with Gasteiger partial charge in [-0.2, -0.15) is 0 Å². The number of nitrogens with zero attached hydrogens (tertiary/aromatic N) is 1. The highest BCUT2D eigenvalue weighted by Gasteiger charge is 2.07. The first-order valence-corrected chi connectivity index (χ1v) is 4.11. The molecular formula is C10H10N2O3. The zero-order valence-corrected chi connectivity index (χ0v) is 7.77. The molecule has 0 atom stereocenters. The van der Waals surface area contributed by atoms with E-state index in [0.717, 1.165) is 5.56 Å². The lowest BCUT2D eigenvalue weighted by Gasteiger charge is -1.93. The van der Waals surface area contributed by atoms with E-state index in [1.807, 2.05) is 30.3 Å². The molecule has 5 nitrogen and oxygen atoms in total. The second-order valence-electron chi connectivity index (χ2n) is 2.82. The van der Waals surface area contributed by atoms with Crippen LogP contribution in [0.1, 0.15) is 10.5 Å². The number of carbonyl (C=O) groups is 1. The topological polar surface area (TPSA) is 97.5 Å². The highest BCUT2D eigenvalue weighted by Crippen LogP contribution is 2.14. The number of aromatic carboxylic acids is 1. The minimum absolute atomic E-state index is 0. The molecule has 0 fully saturated rings. The van der Waals surface area contributed by atoms with Crippen LogP contribution in [0.4, 0.5) is 0 Å². The van der Waals surface area contributed by atoms with Crippen molar-refractivity contribution >= 4 is 5.97 Å². The van der Waals surface area contributed by atoms with E-state index in [2.05, 4.69) is 9.97 Å². The molecule has 5 heteroatoms. The molecule has 0 amide bonds. The molecule has 0 spiro atoms. The van der Waals surface area contributed by atoms with Gasteiger partial charge in [0, 0.05) is 5.56 Å². The predicted molar refractivity (Wildman–Crippen MR) is 54.6 cm³/mol. The van der Waals surface area contributed by atoms with Crippen LogP contribution in [0.25, 0.3) is 11.4 Å². The Bertz CT molecular complexity index is 451. The highest BCUT2D eigenvalue weighted by molar-refractivity contribution is 5.85. The van der Waals surface area contributed by atoms with Gasteiger partial charge in [-0.3, -0.25) is 0 Å². The first-order valence-electron chi connectivity index (χ1n) is 4.11. The van der Waals surface area contributed by atoms with Crippen molar-refractivity contribution in [2.75, 3.05) is 0 Å². The zero-order chi connectivity index (χ0) is 9.97. The fourth-order valence-corrected chi connectivity index (χ4v) is 1.17. The van der Waals surface area contributed by atoms with Crippen molar-refractivity contribution < 1.29 is 15.4 Å². The van der Waals surface area contributed by atoms with Gasteiger partial charge < -0.3 is 15.6 Å². The number of carboxylic acid groups (broad SMARTS) is 1. The molecule has 0 bridgehead atoms. The molecule has 2 aromatic rings. The Morgan fingerprint density at radius 1 is 1.27 bits per heavy atom. The Labute approximate surface area is 85.7 Å². The lowest BCUT2D eigenvalue weighted by molar-refractivity contribution is 0.0691. The number of hydrogen-bond donors (Lipinski definition) is 2. The number of benzene rings is 1. The van der Waals surface area contributed by atoms with Crippen LogP contribution in [0.5, 0.6) is 0 Å². The number of carboxylic acids is 1. The van der Waals surface area contributed by atoms with E-state index in [4.69, 9.17) is 5.11 Å². The predicted octanol–water partition coefficient (Wildman–Crippen LogP) is 0.950. The van der Waals surface area contributed by atoms with Crippen LogP contribution < -0.4 is 0 Å². The Morgan fingerprint density at radius 2 is 1.93 bits per heavy atom. The summed E-state index contributed by atoms with van der Waals surface area (Å²) >= 11 is 0. The lowest BCUT2D eigenvalue weighted by Crippen LogP contribution is -1.95. The summed E-state index contributed by atoms with van der Waals surface area (Å²) in [4.78, 5) is 17.3. The molecule has 2 rings (SSSR count). The molecule has 0 radical (unpaired) electrons. The van der Waals surface area contributed by atoms with Crippen LogP contribution in [0.15, 0.2) is 36.5 Å². The summed E-state index contributed by atoms with van der Waals surface area (Å²) in [6.07, 6.45) is 1.31. The van der Waals surface area contributed by atoms with Gasteiger partial charge >= 0.3 is 5.97 Å². The van der Waals surface area contributed by atoms with Crippen molar-refractivity contribution in [2.45, 2.75) is 0 Å². The summed E-state index contributed by atoms with van der Waals surface area (Å²) in [6.45, 7) is 0. The number of nitrogens with one attached hydrogen (secondary N) is 1. The van der Waals surface area contributed by atoms with Gasteiger partial charge in [-0.1, -0.05) is 30.3 Å². The van der Waals surface area contributed by atoms with E-state index in [9.17, 15) is 4.79 Å². The molecule has 0 aliphatic carbocycles. The number of aromatic amines is 1. The maximum Gasteiger partial charge on any atom is 0.353 e. The van der Waals surface area contributed by atoms with Crippen LogP contribution in [0, 0.1) is 0 Å². The van der Waals surface area contributed by atoms with Crippen LogP contribution in [0.2, 0.25) is 0 Å². The first-order chi connectivity index (χ1) is 6.77. The standard InChI is InChI=1S/C10H8N2O2.H2O/c13-10(14)8-6-11-9(12-8)7-4-2-1-3-5-7;/h1-6H,(H,11,12)(H,13,14);1H2. The van der Waals surface area contributed by atoms with Crippen molar-refractivity contribution in [3.8, 4) is 11.4 Å². The maximum absolute atomic E-state index is 10.6. The Hall–Kier alpha value is -2.14. The summed E-state index contributed by atoms with van der Waals surface area (Å²) in [6, 6.07) is 9.37. The minimum atomic E-state index is -1.00. The van der Waals surface area contributed by atoms with Crippen molar-refractivity contribution in [2.24, 2.45) is 0 Å². The van der Waals surface area contributed by atoms with Gasteiger partial charge in [0.1, 0.15) is 11.5 Å². The monoisotopic (exact) mass is 206 g/mol. The average Bonchev–Trinajstić information content (AvgIpc) is 2.68.